The second-order valence-corrected chi connectivity index (χ2v) is 11.8. The zero-order valence-corrected chi connectivity index (χ0v) is 25.3. The number of aromatic nitrogens is 3. The Bertz CT molecular complexity index is 2670. The van der Waals surface area contributed by atoms with Gasteiger partial charge in [-0.05, 0) is 104 Å². The van der Waals surface area contributed by atoms with Crippen molar-refractivity contribution in [1.82, 2.24) is 14.5 Å². The number of para-hydroxylation sites is 1. The summed E-state index contributed by atoms with van der Waals surface area (Å²) in [6, 6.07) is 49.1. The third kappa shape index (κ3) is 4.29. The van der Waals surface area contributed by atoms with Gasteiger partial charge in [-0.1, -0.05) is 72.8 Å². The Balaban J connectivity index is 1.35. The molecule has 0 bridgehead atoms. The Kier molecular flexibility index (Phi) is 6.16. The molecule has 0 saturated carbocycles. The van der Waals surface area contributed by atoms with Crippen LogP contribution in [0.25, 0.3) is 82.4 Å². The average molecular weight is 599 g/mol. The molecule has 0 spiro atoms. The van der Waals surface area contributed by atoms with E-state index in [0.717, 1.165) is 55.1 Å². The number of fused-ring (bicyclic) bond motifs is 5. The van der Waals surface area contributed by atoms with Gasteiger partial charge >= 0.3 is 0 Å². The number of benzene rings is 6. The van der Waals surface area contributed by atoms with Crippen LogP contribution >= 0.6 is 0 Å². The van der Waals surface area contributed by atoms with E-state index >= 15 is 0 Å². The number of nitriles is 1. The van der Waals surface area contributed by atoms with Crippen LogP contribution in [0.4, 0.5) is 0 Å². The van der Waals surface area contributed by atoms with Crippen molar-refractivity contribution in [3.8, 4) is 45.1 Å². The van der Waals surface area contributed by atoms with E-state index in [2.05, 4.69) is 124 Å². The smallest absolute Gasteiger partial charge is 0.0991 e. The van der Waals surface area contributed by atoms with Crippen molar-refractivity contribution in [2.24, 2.45) is 0 Å². The van der Waals surface area contributed by atoms with Crippen LogP contribution in [0.2, 0.25) is 0 Å². The third-order valence-corrected chi connectivity index (χ3v) is 9.17. The molecule has 47 heavy (non-hydrogen) atoms. The van der Waals surface area contributed by atoms with Gasteiger partial charge in [0.2, 0.25) is 0 Å². The predicted octanol–water partition coefficient (Wildman–Crippen LogP) is 10.8. The molecule has 3 aromatic heterocycles. The number of rotatable bonds is 4. The van der Waals surface area contributed by atoms with Gasteiger partial charge in [-0.15, -0.1) is 0 Å². The molecule has 218 valence electrons. The molecule has 9 rings (SSSR count). The predicted molar refractivity (Wildman–Crippen MR) is 192 cm³/mol. The van der Waals surface area contributed by atoms with Gasteiger partial charge in [0.1, 0.15) is 0 Å². The monoisotopic (exact) mass is 598 g/mol. The van der Waals surface area contributed by atoms with Crippen molar-refractivity contribution in [3.05, 3.63) is 164 Å². The Morgan fingerprint density at radius 2 is 1.00 bits per heavy atom. The second kappa shape index (κ2) is 10.8. The Labute approximate surface area is 271 Å². The highest BCUT2D eigenvalue weighted by molar-refractivity contribution is 6.22. The minimum absolute atomic E-state index is 0.650. The van der Waals surface area contributed by atoms with E-state index in [-0.39, 0.29) is 0 Å². The number of pyridine rings is 2. The van der Waals surface area contributed by atoms with Crippen molar-refractivity contribution in [3.63, 3.8) is 0 Å². The summed E-state index contributed by atoms with van der Waals surface area (Å²) in [5, 5.41) is 16.6. The lowest BCUT2D eigenvalue weighted by molar-refractivity contribution is 1.18. The standard InChI is InChI=1S/C43H26N4/c44-25-28-14-18-40-37(22-28)38-23-30(16-19-41(38)47(40)33-10-2-1-3-11-33)29-15-17-36-39(24-29)43(32-9-7-21-46-27-32)35-13-5-4-12-34(35)42(36)31-8-6-20-45-26-31/h1-24,26-27H. The summed E-state index contributed by atoms with van der Waals surface area (Å²) < 4.78 is 2.28. The van der Waals surface area contributed by atoms with Gasteiger partial charge in [0.15, 0.2) is 0 Å². The minimum Gasteiger partial charge on any atom is -0.309 e. The first-order valence-corrected chi connectivity index (χ1v) is 15.6. The lowest BCUT2D eigenvalue weighted by Gasteiger charge is -2.18. The SMILES string of the molecule is N#Cc1ccc2c(c1)c1cc(-c3ccc4c(-c5cccnc5)c5ccccc5c(-c5cccnc5)c4c3)ccc1n2-c1ccccc1. The summed E-state index contributed by atoms with van der Waals surface area (Å²) in [5.74, 6) is 0. The van der Waals surface area contributed by atoms with Gasteiger partial charge in [-0.25, -0.2) is 0 Å². The molecule has 0 radical (unpaired) electrons. The van der Waals surface area contributed by atoms with Crippen molar-refractivity contribution in [2.75, 3.05) is 0 Å². The van der Waals surface area contributed by atoms with E-state index in [4.69, 9.17) is 0 Å². The molecule has 0 atom stereocenters. The van der Waals surface area contributed by atoms with Gasteiger partial charge in [0.25, 0.3) is 0 Å². The van der Waals surface area contributed by atoms with Crippen LogP contribution in [-0.4, -0.2) is 14.5 Å². The van der Waals surface area contributed by atoms with Gasteiger partial charge in [-0.2, -0.15) is 5.26 Å². The van der Waals surface area contributed by atoms with E-state index in [1.165, 1.54) is 27.3 Å². The first-order valence-electron chi connectivity index (χ1n) is 15.6. The first-order chi connectivity index (χ1) is 23.3. The quantitative estimate of drug-likeness (QED) is 0.189. The molecular formula is C43H26N4. The lowest BCUT2D eigenvalue weighted by atomic mass is 9.85. The number of hydrogen-bond donors (Lipinski definition) is 0. The molecule has 0 fully saturated rings. The van der Waals surface area contributed by atoms with E-state index in [1.807, 2.05) is 55.1 Å². The van der Waals surface area contributed by atoms with Gasteiger partial charge in [0.05, 0.1) is 22.7 Å². The Morgan fingerprint density at radius 3 is 1.64 bits per heavy atom. The zero-order chi connectivity index (χ0) is 31.3. The summed E-state index contributed by atoms with van der Waals surface area (Å²) in [6.07, 6.45) is 7.54. The average Bonchev–Trinajstić information content (AvgIpc) is 3.47. The fraction of sp³-hybridized carbons (Fsp3) is 0. The number of hydrogen-bond acceptors (Lipinski definition) is 3. The van der Waals surface area contributed by atoms with E-state index in [9.17, 15) is 5.26 Å². The van der Waals surface area contributed by atoms with Crippen LogP contribution in [0.5, 0.6) is 0 Å². The van der Waals surface area contributed by atoms with Crippen LogP contribution in [-0.2, 0) is 0 Å². The molecule has 0 saturated heterocycles. The van der Waals surface area contributed by atoms with Crippen LogP contribution < -0.4 is 0 Å². The lowest BCUT2D eigenvalue weighted by Crippen LogP contribution is -1.93. The molecule has 4 heteroatoms. The van der Waals surface area contributed by atoms with Crippen LogP contribution in [0.1, 0.15) is 5.56 Å². The van der Waals surface area contributed by atoms with Gasteiger partial charge in [-0.3, -0.25) is 9.97 Å². The fourth-order valence-electron chi connectivity index (χ4n) is 7.13. The molecule has 9 aromatic rings. The summed E-state index contributed by atoms with van der Waals surface area (Å²) in [4.78, 5) is 8.98. The summed E-state index contributed by atoms with van der Waals surface area (Å²) in [7, 11) is 0. The maximum Gasteiger partial charge on any atom is 0.0991 e. The van der Waals surface area contributed by atoms with Crippen LogP contribution in [0.3, 0.4) is 0 Å². The molecule has 3 heterocycles. The van der Waals surface area contributed by atoms with E-state index < -0.39 is 0 Å². The Morgan fingerprint density at radius 1 is 0.447 bits per heavy atom. The summed E-state index contributed by atoms with van der Waals surface area (Å²) in [5.41, 5.74) is 10.7. The van der Waals surface area contributed by atoms with Gasteiger partial charge in [0, 0.05) is 52.4 Å². The first kappa shape index (κ1) is 26.8. The maximum absolute atomic E-state index is 9.76. The minimum atomic E-state index is 0.650. The van der Waals surface area contributed by atoms with Crippen molar-refractivity contribution in [1.29, 1.82) is 5.26 Å². The second-order valence-electron chi connectivity index (χ2n) is 11.8. The molecule has 6 aromatic carbocycles. The van der Waals surface area contributed by atoms with E-state index in [1.54, 1.807) is 0 Å². The molecule has 0 aliphatic carbocycles. The molecular weight excluding hydrogens is 573 g/mol. The maximum atomic E-state index is 9.76. The largest absolute Gasteiger partial charge is 0.309 e. The molecule has 4 nitrogen and oxygen atoms in total. The summed E-state index contributed by atoms with van der Waals surface area (Å²) in [6.45, 7) is 0. The number of nitrogens with zero attached hydrogens (tertiary/aromatic N) is 4. The topological polar surface area (TPSA) is 54.5 Å². The van der Waals surface area contributed by atoms with Gasteiger partial charge < -0.3 is 4.57 Å². The Hall–Kier alpha value is -6.57. The molecule has 0 N–H and O–H groups in total. The zero-order valence-electron chi connectivity index (χ0n) is 25.3. The summed E-state index contributed by atoms with van der Waals surface area (Å²) >= 11 is 0. The van der Waals surface area contributed by atoms with E-state index in [0.29, 0.717) is 5.56 Å². The molecule has 0 aliphatic rings. The van der Waals surface area contributed by atoms with Crippen molar-refractivity contribution in [2.45, 2.75) is 0 Å². The highest BCUT2D eigenvalue weighted by atomic mass is 15.0. The van der Waals surface area contributed by atoms with Crippen molar-refractivity contribution < 1.29 is 0 Å². The molecule has 0 aliphatic heterocycles. The van der Waals surface area contributed by atoms with Crippen LogP contribution in [0, 0.1) is 11.3 Å². The molecule has 0 amide bonds. The highest BCUT2D eigenvalue weighted by Gasteiger charge is 2.19. The van der Waals surface area contributed by atoms with Crippen molar-refractivity contribution >= 4 is 43.4 Å². The fourth-order valence-corrected chi connectivity index (χ4v) is 7.13. The van der Waals surface area contributed by atoms with Crippen LogP contribution in [0.15, 0.2) is 158 Å². The third-order valence-electron chi connectivity index (χ3n) is 9.17. The normalized spacial score (nSPS) is 11.4. The molecule has 0 unspecified atom stereocenters. The highest BCUT2D eigenvalue weighted by Crippen LogP contribution is 2.45.